The Bertz CT molecular complexity index is 306. The average Bonchev–Trinajstić information content (AvgIpc) is 2.41. The van der Waals surface area contributed by atoms with Gasteiger partial charge in [0.05, 0.1) is 0 Å². The van der Waals surface area contributed by atoms with Crippen LogP contribution in [0.5, 0.6) is 0 Å². The van der Waals surface area contributed by atoms with E-state index < -0.39 is 0 Å². The molecule has 0 unspecified atom stereocenters. The predicted octanol–water partition coefficient (Wildman–Crippen LogP) is 5.47. The van der Waals surface area contributed by atoms with Gasteiger partial charge in [0.1, 0.15) is 0 Å². The average molecular weight is 230 g/mol. The Morgan fingerprint density at radius 3 is 2.29 bits per heavy atom. The van der Waals surface area contributed by atoms with E-state index in [4.69, 9.17) is 0 Å². The highest BCUT2D eigenvalue weighted by Crippen LogP contribution is 2.43. The Hall–Kier alpha value is -0.780. The van der Waals surface area contributed by atoms with Crippen molar-refractivity contribution in [1.29, 1.82) is 0 Å². The third-order valence-corrected chi connectivity index (χ3v) is 4.46. The van der Waals surface area contributed by atoms with Crippen LogP contribution in [-0.2, 0) is 5.41 Å². The lowest BCUT2D eigenvalue weighted by Crippen LogP contribution is -2.29. The molecule has 0 aromatic heterocycles. The van der Waals surface area contributed by atoms with Crippen LogP contribution in [0.15, 0.2) is 30.3 Å². The standard InChI is InChI=1S/C17H26/c1-2-3-8-13-17(14-9-5-10-15-17)16-11-6-4-7-12-16/h4,6-7,11-12H,2-3,5,8-10,13-15H2,1H3. The molecule has 1 aromatic carbocycles. The third-order valence-electron chi connectivity index (χ3n) is 4.46. The second-order valence-electron chi connectivity index (χ2n) is 5.66. The summed E-state index contributed by atoms with van der Waals surface area (Å²) in [7, 11) is 0. The molecule has 2 rings (SSSR count). The van der Waals surface area contributed by atoms with E-state index >= 15 is 0 Å². The molecular weight excluding hydrogens is 204 g/mol. The molecule has 0 spiro atoms. The van der Waals surface area contributed by atoms with Crippen LogP contribution < -0.4 is 0 Å². The lowest BCUT2D eigenvalue weighted by Gasteiger charge is -2.38. The van der Waals surface area contributed by atoms with Crippen molar-refractivity contribution in [2.24, 2.45) is 0 Å². The number of hydrogen-bond acceptors (Lipinski definition) is 0. The SMILES string of the molecule is CCCCCC1(c2ccccc2)CCCCC1. The van der Waals surface area contributed by atoms with Gasteiger partial charge in [-0.1, -0.05) is 75.8 Å². The van der Waals surface area contributed by atoms with E-state index in [1.165, 1.54) is 57.8 Å². The zero-order valence-corrected chi connectivity index (χ0v) is 11.3. The van der Waals surface area contributed by atoms with Gasteiger partial charge in [0, 0.05) is 0 Å². The molecule has 0 bridgehead atoms. The van der Waals surface area contributed by atoms with Gasteiger partial charge < -0.3 is 0 Å². The van der Waals surface area contributed by atoms with Crippen LogP contribution in [-0.4, -0.2) is 0 Å². The highest BCUT2D eigenvalue weighted by atomic mass is 14.4. The van der Waals surface area contributed by atoms with Gasteiger partial charge in [-0.3, -0.25) is 0 Å². The summed E-state index contributed by atoms with van der Waals surface area (Å²) < 4.78 is 0. The molecule has 0 aliphatic heterocycles. The zero-order valence-electron chi connectivity index (χ0n) is 11.3. The fraction of sp³-hybridized carbons (Fsp3) is 0.647. The maximum absolute atomic E-state index is 2.36. The van der Waals surface area contributed by atoms with E-state index in [0.717, 1.165) is 0 Å². The Kier molecular flexibility index (Phi) is 4.65. The maximum atomic E-state index is 2.36. The Morgan fingerprint density at radius 1 is 0.941 bits per heavy atom. The van der Waals surface area contributed by atoms with Crippen molar-refractivity contribution >= 4 is 0 Å². The monoisotopic (exact) mass is 230 g/mol. The molecule has 1 aliphatic carbocycles. The van der Waals surface area contributed by atoms with Gasteiger partial charge in [0.25, 0.3) is 0 Å². The maximum Gasteiger partial charge on any atom is -0.00470 e. The molecule has 17 heavy (non-hydrogen) atoms. The first-order chi connectivity index (χ1) is 8.37. The lowest BCUT2D eigenvalue weighted by atomic mass is 9.66. The molecule has 0 amide bonds. The van der Waals surface area contributed by atoms with Crippen molar-refractivity contribution in [1.82, 2.24) is 0 Å². The van der Waals surface area contributed by atoms with Crippen LogP contribution in [0.3, 0.4) is 0 Å². The summed E-state index contributed by atoms with van der Waals surface area (Å²) in [6, 6.07) is 11.3. The Labute approximate surface area is 106 Å². The van der Waals surface area contributed by atoms with Crippen LogP contribution in [0, 0.1) is 0 Å². The van der Waals surface area contributed by atoms with E-state index in [1.54, 1.807) is 5.56 Å². The summed E-state index contributed by atoms with van der Waals surface area (Å²) in [5.41, 5.74) is 2.13. The van der Waals surface area contributed by atoms with Crippen LogP contribution in [0.25, 0.3) is 0 Å². The van der Waals surface area contributed by atoms with E-state index in [9.17, 15) is 0 Å². The number of hydrogen-bond donors (Lipinski definition) is 0. The first kappa shape index (κ1) is 12.7. The Balaban J connectivity index is 2.11. The minimum absolute atomic E-state index is 0.522. The molecule has 1 aromatic rings. The van der Waals surface area contributed by atoms with Crippen molar-refractivity contribution in [3.8, 4) is 0 Å². The summed E-state index contributed by atoms with van der Waals surface area (Å²) >= 11 is 0. The summed E-state index contributed by atoms with van der Waals surface area (Å²) in [6.45, 7) is 2.30. The summed E-state index contributed by atoms with van der Waals surface area (Å²) in [5.74, 6) is 0. The van der Waals surface area contributed by atoms with Crippen molar-refractivity contribution in [3.63, 3.8) is 0 Å². The molecule has 0 saturated heterocycles. The molecule has 0 N–H and O–H groups in total. The fourth-order valence-corrected chi connectivity index (χ4v) is 3.42. The van der Waals surface area contributed by atoms with E-state index in [0.29, 0.717) is 5.41 Å². The number of rotatable bonds is 5. The van der Waals surface area contributed by atoms with Gasteiger partial charge in [-0.15, -0.1) is 0 Å². The van der Waals surface area contributed by atoms with Crippen LogP contribution in [0.1, 0.15) is 70.3 Å². The first-order valence-corrected chi connectivity index (χ1v) is 7.43. The highest BCUT2D eigenvalue weighted by molar-refractivity contribution is 5.25. The number of unbranched alkanes of at least 4 members (excludes halogenated alkanes) is 2. The van der Waals surface area contributed by atoms with Gasteiger partial charge in [0.2, 0.25) is 0 Å². The van der Waals surface area contributed by atoms with Gasteiger partial charge in [-0.2, -0.15) is 0 Å². The third kappa shape index (κ3) is 3.12. The molecule has 1 aliphatic rings. The first-order valence-electron chi connectivity index (χ1n) is 7.43. The molecule has 0 radical (unpaired) electrons. The normalized spacial score (nSPS) is 19.1. The quantitative estimate of drug-likeness (QED) is 0.588. The second-order valence-corrected chi connectivity index (χ2v) is 5.66. The molecule has 0 heteroatoms. The predicted molar refractivity (Wildman–Crippen MR) is 75.3 cm³/mol. The van der Waals surface area contributed by atoms with E-state index in [2.05, 4.69) is 37.3 Å². The molecule has 0 heterocycles. The molecular formula is C17H26. The minimum atomic E-state index is 0.522. The van der Waals surface area contributed by atoms with Crippen LogP contribution >= 0.6 is 0 Å². The van der Waals surface area contributed by atoms with Crippen LogP contribution in [0.4, 0.5) is 0 Å². The van der Waals surface area contributed by atoms with Gasteiger partial charge in [-0.05, 0) is 30.2 Å². The molecule has 0 nitrogen and oxygen atoms in total. The molecule has 1 saturated carbocycles. The van der Waals surface area contributed by atoms with Gasteiger partial charge >= 0.3 is 0 Å². The topological polar surface area (TPSA) is 0 Å². The fourth-order valence-electron chi connectivity index (χ4n) is 3.42. The highest BCUT2D eigenvalue weighted by Gasteiger charge is 2.32. The number of benzene rings is 1. The summed E-state index contributed by atoms with van der Waals surface area (Å²) in [4.78, 5) is 0. The van der Waals surface area contributed by atoms with E-state index in [-0.39, 0.29) is 0 Å². The Morgan fingerprint density at radius 2 is 1.65 bits per heavy atom. The largest absolute Gasteiger partial charge is 0.0654 e. The second kappa shape index (κ2) is 6.23. The van der Waals surface area contributed by atoms with Crippen LogP contribution in [0.2, 0.25) is 0 Å². The smallest absolute Gasteiger partial charge is 0.00470 e. The molecule has 0 atom stereocenters. The van der Waals surface area contributed by atoms with Gasteiger partial charge in [0.15, 0.2) is 0 Å². The van der Waals surface area contributed by atoms with Crippen molar-refractivity contribution < 1.29 is 0 Å². The van der Waals surface area contributed by atoms with E-state index in [1.807, 2.05) is 0 Å². The summed E-state index contributed by atoms with van der Waals surface area (Å²) in [6.07, 6.45) is 12.7. The van der Waals surface area contributed by atoms with Gasteiger partial charge in [-0.25, -0.2) is 0 Å². The lowest BCUT2D eigenvalue weighted by molar-refractivity contribution is 0.266. The van der Waals surface area contributed by atoms with Crippen molar-refractivity contribution in [2.75, 3.05) is 0 Å². The molecule has 94 valence electrons. The van der Waals surface area contributed by atoms with Crippen molar-refractivity contribution in [2.45, 2.75) is 70.1 Å². The molecule has 1 fully saturated rings. The summed E-state index contributed by atoms with van der Waals surface area (Å²) in [5, 5.41) is 0. The minimum Gasteiger partial charge on any atom is -0.0654 e. The van der Waals surface area contributed by atoms with Crippen molar-refractivity contribution in [3.05, 3.63) is 35.9 Å². The zero-order chi connectivity index (χ0) is 12.0.